The lowest BCUT2D eigenvalue weighted by Gasteiger charge is -2.42. The number of carbonyl (C=O) groups is 3. The maximum Gasteiger partial charge on any atom is 0.407 e. The number of ether oxygens (including phenoxy) is 1. The van der Waals surface area contributed by atoms with Crippen LogP contribution in [-0.4, -0.2) is 70.7 Å². The molecule has 0 atom stereocenters. The van der Waals surface area contributed by atoms with Gasteiger partial charge in [0.15, 0.2) is 0 Å². The number of carboxylic acids is 1. The molecule has 2 aliphatic carbocycles. The molecule has 0 spiro atoms. The van der Waals surface area contributed by atoms with Crippen molar-refractivity contribution in [3.63, 3.8) is 0 Å². The second kappa shape index (κ2) is 12.0. The summed E-state index contributed by atoms with van der Waals surface area (Å²) in [6.45, 7) is 2.08. The summed E-state index contributed by atoms with van der Waals surface area (Å²) >= 11 is 0. The molecule has 2 fully saturated rings. The van der Waals surface area contributed by atoms with Gasteiger partial charge in [0.2, 0.25) is 5.91 Å². The molecule has 3 aromatic rings. The van der Waals surface area contributed by atoms with E-state index < -0.39 is 17.6 Å². The average Bonchev–Trinajstić information content (AvgIpc) is 3.79. The molecule has 3 aliphatic rings. The molecule has 1 aliphatic heterocycles. The van der Waals surface area contributed by atoms with E-state index in [1.54, 1.807) is 0 Å². The molecule has 2 N–H and O–H groups in total. The van der Waals surface area contributed by atoms with Crippen LogP contribution in [0.15, 0.2) is 78.9 Å². The van der Waals surface area contributed by atoms with E-state index in [-0.39, 0.29) is 37.4 Å². The maximum absolute atomic E-state index is 13.5. The summed E-state index contributed by atoms with van der Waals surface area (Å²) in [5.74, 6) is -1.31. The molecule has 2 amide bonds. The van der Waals surface area contributed by atoms with Crippen LogP contribution in [0.3, 0.4) is 0 Å². The van der Waals surface area contributed by atoms with Gasteiger partial charge in [0.1, 0.15) is 13.2 Å². The Bertz CT molecular complexity index is 1400. The van der Waals surface area contributed by atoms with E-state index in [4.69, 9.17) is 4.74 Å². The first-order valence-electron chi connectivity index (χ1n) is 14.8. The minimum Gasteiger partial charge on any atom is -0.480 e. The molecule has 0 bridgehead atoms. The number of aliphatic carboxylic acids is 1. The number of carbonyl (C=O) groups excluding carboxylic acids is 2. The highest BCUT2D eigenvalue weighted by Gasteiger charge is 2.42. The largest absolute Gasteiger partial charge is 0.480 e. The Morgan fingerprint density at radius 1 is 0.881 bits per heavy atom. The number of benzene rings is 3. The number of carboxylic acid groups (broad SMARTS) is 1. The zero-order chi connectivity index (χ0) is 29.1. The molecule has 1 saturated carbocycles. The summed E-state index contributed by atoms with van der Waals surface area (Å²) in [6.07, 6.45) is 2.29. The summed E-state index contributed by atoms with van der Waals surface area (Å²) in [4.78, 5) is 42.2. The van der Waals surface area contributed by atoms with E-state index in [9.17, 15) is 19.5 Å². The van der Waals surface area contributed by atoms with Gasteiger partial charge in [-0.3, -0.25) is 14.5 Å². The quantitative estimate of drug-likeness (QED) is 0.357. The van der Waals surface area contributed by atoms with Gasteiger partial charge in [-0.05, 0) is 53.5 Å². The summed E-state index contributed by atoms with van der Waals surface area (Å²) in [5.41, 5.74) is 5.01. The molecule has 0 unspecified atom stereocenters. The van der Waals surface area contributed by atoms with E-state index in [1.165, 1.54) is 10.5 Å². The zero-order valence-electron chi connectivity index (χ0n) is 23.7. The van der Waals surface area contributed by atoms with Gasteiger partial charge in [-0.2, -0.15) is 0 Å². The van der Waals surface area contributed by atoms with Crippen LogP contribution in [-0.2, 0) is 20.9 Å². The Hall–Kier alpha value is -4.17. The third-order valence-corrected chi connectivity index (χ3v) is 8.88. The van der Waals surface area contributed by atoms with Gasteiger partial charge >= 0.3 is 12.1 Å². The standard InChI is InChI=1S/C34H37N3O5/c38-31(37(22-32(39)40)25-14-15-25)20-34(16-18-36(19-17-34)21-24-8-2-1-3-9-24)35-33(41)42-23-30-28-12-6-4-10-26(28)27-11-5-7-13-29(27)30/h1-13,25,30H,14-23H2,(H,35,41)(H,39,40). The van der Waals surface area contributed by atoms with Crippen molar-refractivity contribution in [2.75, 3.05) is 26.2 Å². The van der Waals surface area contributed by atoms with Crippen molar-refractivity contribution in [3.05, 3.63) is 95.6 Å². The highest BCUT2D eigenvalue weighted by molar-refractivity contribution is 5.83. The Labute approximate surface area is 246 Å². The number of nitrogens with one attached hydrogen (secondary N) is 1. The van der Waals surface area contributed by atoms with Gasteiger partial charge < -0.3 is 20.1 Å². The lowest BCUT2D eigenvalue weighted by Crippen LogP contribution is -2.57. The minimum atomic E-state index is -1.02. The summed E-state index contributed by atoms with van der Waals surface area (Å²) in [7, 11) is 0. The summed E-state index contributed by atoms with van der Waals surface area (Å²) < 4.78 is 5.87. The van der Waals surface area contributed by atoms with E-state index in [2.05, 4.69) is 46.6 Å². The number of piperidine rings is 1. The summed E-state index contributed by atoms with van der Waals surface area (Å²) in [5, 5.41) is 12.5. The van der Waals surface area contributed by atoms with Gasteiger partial charge in [-0.25, -0.2) is 4.79 Å². The number of nitrogens with zero attached hydrogens (tertiary/aromatic N) is 2. The van der Waals surface area contributed by atoms with Crippen LogP contribution in [0.5, 0.6) is 0 Å². The van der Waals surface area contributed by atoms with Crippen molar-refractivity contribution in [3.8, 4) is 11.1 Å². The fraction of sp³-hybridized carbons (Fsp3) is 0.382. The van der Waals surface area contributed by atoms with Crippen LogP contribution >= 0.6 is 0 Å². The van der Waals surface area contributed by atoms with E-state index in [0.29, 0.717) is 25.9 Å². The molecule has 8 nitrogen and oxygen atoms in total. The second-order valence-corrected chi connectivity index (χ2v) is 11.8. The number of amides is 2. The van der Waals surface area contributed by atoms with Crippen molar-refractivity contribution >= 4 is 18.0 Å². The van der Waals surface area contributed by atoms with Crippen molar-refractivity contribution in [2.45, 2.75) is 56.1 Å². The van der Waals surface area contributed by atoms with Gasteiger partial charge in [-0.1, -0.05) is 78.9 Å². The molecule has 3 aromatic carbocycles. The van der Waals surface area contributed by atoms with E-state index in [1.807, 2.05) is 42.5 Å². The molecular weight excluding hydrogens is 530 g/mol. The first-order chi connectivity index (χ1) is 20.4. The molecule has 218 valence electrons. The van der Waals surface area contributed by atoms with Gasteiger partial charge in [0, 0.05) is 31.6 Å². The van der Waals surface area contributed by atoms with Crippen LogP contribution < -0.4 is 5.32 Å². The van der Waals surface area contributed by atoms with E-state index >= 15 is 0 Å². The fourth-order valence-corrected chi connectivity index (χ4v) is 6.52. The van der Waals surface area contributed by atoms with Crippen molar-refractivity contribution in [2.24, 2.45) is 0 Å². The first kappa shape index (κ1) is 28.0. The van der Waals surface area contributed by atoms with Crippen molar-refractivity contribution < 1.29 is 24.2 Å². The average molecular weight is 568 g/mol. The van der Waals surface area contributed by atoms with Crippen LogP contribution in [0.25, 0.3) is 11.1 Å². The highest BCUT2D eigenvalue weighted by atomic mass is 16.5. The molecule has 0 radical (unpaired) electrons. The van der Waals surface area contributed by atoms with E-state index in [0.717, 1.165) is 41.6 Å². The Balaban J connectivity index is 1.15. The third-order valence-electron chi connectivity index (χ3n) is 8.88. The predicted molar refractivity (Wildman–Crippen MR) is 159 cm³/mol. The van der Waals surface area contributed by atoms with Gasteiger partial charge in [0.25, 0.3) is 0 Å². The Kier molecular flexibility index (Phi) is 7.98. The van der Waals surface area contributed by atoms with Gasteiger partial charge in [0.05, 0.1) is 12.0 Å². The predicted octanol–water partition coefficient (Wildman–Crippen LogP) is 5.03. The van der Waals surface area contributed by atoms with Crippen molar-refractivity contribution in [1.29, 1.82) is 0 Å². The maximum atomic E-state index is 13.5. The molecule has 8 heteroatoms. The molecular formula is C34H37N3O5. The number of rotatable bonds is 10. The molecule has 0 aromatic heterocycles. The molecule has 1 heterocycles. The van der Waals surface area contributed by atoms with Crippen LogP contribution in [0.1, 0.15) is 54.7 Å². The smallest absolute Gasteiger partial charge is 0.407 e. The number of fused-ring (bicyclic) bond motifs is 3. The van der Waals surface area contributed by atoms with Gasteiger partial charge in [-0.15, -0.1) is 0 Å². The summed E-state index contributed by atoms with van der Waals surface area (Å²) in [6, 6.07) is 26.6. The van der Waals surface area contributed by atoms with Crippen molar-refractivity contribution in [1.82, 2.24) is 15.1 Å². The fourth-order valence-electron chi connectivity index (χ4n) is 6.52. The lowest BCUT2D eigenvalue weighted by atomic mass is 9.83. The second-order valence-electron chi connectivity index (χ2n) is 11.8. The minimum absolute atomic E-state index is 0.0294. The number of hydrogen-bond acceptors (Lipinski definition) is 5. The zero-order valence-corrected chi connectivity index (χ0v) is 23.7. The molecule has 6 rings (SSSR count). The number of hydrogen-bond donors (Lipinski definition) is 2. The molecule has 42 heavy (non-hydrogen) atoms. The Morgan fingerprint density at radius 3 is 2.07 bits per heavy atom. The normalized spacial score (nSPS) is 17.6. The number of alkyl carbamates (subject to hydrolysis) is 1. The van der Waals surface area contributed by atoms with Crippen LogP contribution in [0.4, 0.5) is 4.79 Å². The van der Waals surface area contributed by atoms with Crippen LogP contribution in [0, 0.1) is 0 Å². The van der Waals surface area contributed by atoms with Crippen LogP contribution in [0.2, 0.25) is 0 Å². The topological polar surface area (TPSA) is 99.2 Å². The highest BCUT2D eigenvalue weighted by Crippen LogP contribution is 2.44. The SMILES string of the molecule is O=C(O)CN(C(=O)CC1(NC(=O)OCC2c3ccccc3-c3ccccc32)CCN(Cc2ccccc2)CC1)C1CC1. The third kappa shape index (κ3) is 6.19. The number of likely N-dealkylation sites (tertiary alicyclic amines) is 1. The molecule has 1 saturated heterocycles. The first-order valence-corrected chi connectivity index (χ1v) is 14.8. The monoisotopic (exact) mass is 567 g/mol. The Morgan fingerprint density at radius 2 is 1.48 bits per heavy atom. The lowest BCUT2D eigenvalue weighted by molar-refractivity contribution is -0.145.